The molecule has 0 saturated carbocycles. The zero-order valence-corrected chi connectivity index (χ0v) is 19.7. The summed E-state index contributed by atoms with van der Waals surface area (Å²) in [7, 11) is 0. The molecule has 2 aromatic rings. The average Bonchev–Trinajstić information content (AvgIpc) is 2.73. The van der Waals surface area contributed by atoms with Crippen LogP contribution in [0.25, 0.3) is 0 Å². The zero-order valence-electron chi connectivity index (χ0n) is 18.2. The minimum atomic E-state index is -0.570. The molecule has 0 bridgehead atoms. The summed E-state index contributed by atoms with van der Waals surface area (Å²) in [4.78, 5) is 27.5. The number of amides is 2. The Morgan fingerprint density at radius 1 is 1.06 bits per heavy atom. The van der Waals surface area contributed by atoms with E-state index in [0.29, 0.717) is 29.5 Å². The molecule has 1 unspecified atom stereocenters. The number of hydrogen-bond acceptors (Lipinski definition) is 3. The van der Waals surface area contributed by atoms with E-state index in [1.165, 1.54) is 0 Å². The van der Waals surface area contributed by atoms with Crippen LogP contribution in [0.3, 0.4) is 0 Å². The van der Waals surface area contributed by atoms with Gasteiger partial charge < -0.3 is 15.0 Å². The van der Waals surface area contributed by atoms with E-state index < -0.39 is 6.04 Å². The van der Waals surface area contributed by atoms with Gasteiger partial charge in [0, 0.05) is 19.0 Å². The second-order valence-electron chi connectivity index (χ2n) is 7.62. The number of halogens is 2. The molecule has 1 atom stereocenters. The number of hydrogen-bond donors (Lipinski definition) is 1. The molecule has 2 amide bonds. The van der Waals surface area contributed by atoms with Crippen LogP contribution in [0.5, 0.6) is 5.75 Å². The highest BCUT2D eigenvalue weighted by Crippen LogP contribution is 2.24. The molecule has 31 heavy (non-hydrogen) atoms. The predicted octanol–water partition coefficient (Wildman–Crippen LogP) is 5.48. The first-order chi connectivity index (χ1) is 14.8. The van der Waals surface area contributed by atoms with E-state index in [4.69, 9.17) is 27.9 Å². The monoisotopic (exact) mass is 464 g/mol. The quantitative estimate of drug-likeness (QED) is 0.447. The van der Waals surface area contributed by atoms with Crippen molar-refractivity contribution < 1.29 is 14.3 Å². The topological polar surface area (TPSA) is 58.6 Å². The fraction of sp³-hybridized carbons (Fsp3) is 0.417. The van der Waals surface area contributed by atoms with Crippen LogP contribution in [0, 0.1) is 0 Å². The van der Waals surface area contributed by atoms with Crippen LogP contribution >= 0.6 is 23.2 Å². The van der Waals surface area contributed by atoms with E-state index in [-0.39, 0.29) is 30.8 Å². The second-order valence-corrected chi connectivity index (χ2v) is 8.44. The van der Waals surface area contributed by atoms with Gasteiger partial charge >= 0.3 is 0 Å². The molecule has 1 N–H and O–H groups in total. The van der Waals surface area contributed by atoms with E-state index in [1.54, 1.807) is 17.0 Å². The van der Waals surface area contributed by atoms with Gasteiger partial charge in [0.1, 0.15) is 11.8 Å². The summed E-state index contributed by atoms with van der Waals surface area (Å²) in [6.45, 7) is 6.40. The molecule has 2 aromatic carbocycles. The smallest absolute Gasteiger partial charge is 0.243 e. The van der Waals surface area contributed by atoms with E-state index in [1.807, 2.05) is 57.2 Å². The van der Waals surface area contributed by atoms with Gasteiger partial charge in [-0.15, -0.1) is 0 Å². The Morgan fingerprint density at radius 2 is 1.77 bits per heavy atom. The van der Waals surface area contributed by atoms with Gasteiger partial charge in [-0.2, -0.15) is 0 Å². The molecule has 7 heteroatoms. The lowest BCUT2D eigenvalue weighted by molar-refractivity contribution is -0.141. The van der Waals surface area contributed by atoms with Crippen molar-refractivity contribution in [2.45, 2.75) is 58.7 Å². The number of carbonyl (C=O) groups is 2. The summed E-state index contributed by atoms with van der Waals surface area (Å²) in [6.07, 6.45) is 1.33. The Balaban J connectivity index is 2.09. The second kappa shape index (κ2) is 12.6. The lowest BCUT2D eigenvalue weighted by atomic mass is 10.1. The lowest BCUT2D eigenvalue weighted by Crippen LogP contribution is -2.50. The SMILES string of the molecule is CCC(C(=O)NC(C)C)N(Cc1ccc(Cl)c(Cl)c1)C(=O)CCCOc1ccccc1. The molecule has 0 fully saturated rings. The van der Waals surface area contributed by atoms with Gasteiger partial charge in [0.2, 0.25) is 11.8 Å². The Labute approximate surface area is 194 Å². The molecule has 0 radical (unpaired) electrons. The third-order valence-corrected chi connectivity index (χ3v) is 5.44. The van der Waals surface area contributed by atoms with Crippen molar-refractivity contribution in [2.75, 3.05) is 6.61 Å². The summed E-state index contributed by atoms with van der Waals surface area (Å²) in [6, 6.07) is 14.1. The number of rotatable bonds is 11. The fourth-order valence-corrected chi connectivity index (χ4v) is 3.53. The van der Waals surface area contributed by atoms with Gasteiger partial charge in [0.15, 0.2) is 0 Å². The van der Waals surface area contributed by atoms with Crippen molar-refractivity contribution in [1.29, 1.82) is 0 Å². The molecule has 0 aromatic heterocycles. The lowest BCUT2D eigenvalue weighted by Gasteiger charge is -2.31. The van der Waals surface area contributed by atoms with Crippen LogP contribution in [0.15, 0.2) is 48.5 Å². The third kappa shape index (κ3) is 8.08. The maximum absolute atomic E-state index is 13.1. The van der Waals surface area contributed by atoms with Crippen molar-refractivity contribution in [2.24, 2.45) is 0 Å². The highest BCUT2D eigenvalue weighted by atomic mass is 35.5. The van der Waals surface area contributed by atoms with E-state index in [2.05, 4.69) is 5.32 Å². The molecule has 0 saturated heterocycles. The van der Waals surface area contributed by atoms with Gasteiger partial charge in [-0.05, 0) is 56.5 Å². The Kier molecular flexibility index (Phi) is 10.2. The Bertz CT molecular complexity index is 859. The first-order valence-corrected chi connectivity index (χ1v) is 11.3. The highest BCUT2D eigenvalue weighted by Gasteiger charge is 2.28. The molecule has 2 rings (SSSR count). The van der Waals surface area contributed by atoms with Crippen molar-refractivity contribution in [3.63, 3.8) is 0 Å². The summed E-state index contributed by atoms with van der Waals surface area (Å²) < 4.78 is 5.69. The third-order valence-electron chi connectivity index (χ3n) is 4.70. The maximum atomic E-state index is 13.1. The normalized spacial score (nSPS) is 11.8. The summed E-state index contributed by atoms with van der Waals surface area (Å²) >= 11 is 12.2. The van der Waals surface area contributed by atoms with E-state index in [9.17, 15) is 9.59 Å². The van der Waals surface area contributed by atoms with Crippen molar-refractivity contribution in [3.8, 4) is 5.75 Å². The zero-order chi connectivity index (χ0) is 22.8. The maximum Gasteiger partial charge on any atom is 0.243 e. The highest BCUT2D eigenvalue weighted by molar-refractivity contribution is 6.42. The number of benzene rings is 2. The van der Waals surface area contributed by atoms with Crippen molar-refractivity contribution >= 4 is 35.0 Å². The molecule has 0 spiro atoms. The number of nitrogens with zero attached hydrogens (tertiary/aromatic N) is 1. The van der Waals surface area contributed by atoms with Gasteiger partial charge in [0.05, 0.1) is 16.7 Å². The van der Waals surface area contributed by atoms with Crippen LogP contribution in [0.1, 0.15) is 45.6 Å². The molecule has 0 aliphatic heterocycles. The average molecular weight is 465 g/mol. The van der Waals surface area contributed by atoms with Crippen molar-refractivity contribution in [1.82, 2.24) is 10.2 Å². The minimum Gasteiger partial charge on any atom is -0.494 e. The molecule has 5 nitrogen and oxygen atoms in total. The van der Waals surface area contributed by atoms with Gasteiger partial charge in [0.25, 0.3) is 0 Å². The van der Waals surface area contributed by atoms with Crippen LogP contribution < -0.4 is 10.1 Å². The standard InChI is InChI=1S/C24H30Cl2N2O3/c1-4-22(24(30)27-17(2)3)28(16-18-12-13-20(25)21(26)15-18)23(29)11-8-14-31-19-9-6-5-7-10-19/h5-7,9-10,12-13,15,17,22H,4,8,11,14,16H2,1-3H3,(H,27,30). The van der Waals surface area contributed by atoms with Gasteiger partial charge in [-0.25, -0.2) is 0 Å². The summed E-state index contributed by atoms with van der Waals surface area (Å²) in [5, 5.41) is 3.79. The number of ether oxygens (including phenoxy) is 1. The first kappa shape index (κ1) is 25.0. The van der Waals surface area contributed by atoms with Gasteiger partial charge in [-0.1, -0.05) is 54.4 Å². The Hall–Kier alpha value is -2.24. The minimum absolute atomic E-state index is 0.0113. The largest absolute Gasteiger partial charge is 0.494 e. The first-order valence-electron chi connectivity index (χ1n) is 10.5. The number of nitrogens with one attached hydrogen (secondary N) is 1. The van der Waals surface area contributed by atoms with Gasteiger partial charge in [-0.3, -0.25) is 9.59 Å². The van der Waals surface area contributed by atoms with E-state index in [0.717, 1.165) is 11.3 Å². The molecular weight excluding hydrogens is 435 g/mol. The molecule has 0 aliphatic rings. The molecular formula is C24H30Cl2N2O3. The summed E-state index contributed by atoms with van der Waals surface area (Å²) in [5.41, 5.74) is 0.819. The Morgan fingerprint density at radius 3 is 2.39 bits per heavy atom. The predicted molar refractivity (Wildman–Crippen MR) is 126 cm³/mol. The number of para-hydroxylation sites is 1. The molecule has 0 aliphatic carbocycles. The molecule has 168 valence electrons. The van der Waals surface area contributed by atoms with Crippen LogP contribution in [-0.4, -0.2) is 35.4 Å². The fourth-order valence-electron chi connectivity index (χ4n) is 3.21. The van der Waals surface area contributed by atoms with Crippen molar-refractivity contribution in [3.05, 3.63) is 64.1 Å². The number of carbonyl (C=O) groups excluding carboxylic acids is 2. The van der Waals surface area contributed by atoms with Crippen LogP contribution in [0.2, 0.25) is 10.0 Å². The van der Waals surface area contributed by atoms with Crippen LogP contribution in [-0.2, 0) is 16.1 Å². The van der Waals surface area contributed by atoms with E-state index >= 15 is 0 Å². The molecule has 0 heterocycles. The summed E-state index contributed by atoms with van der Waals surface area (Å²) in [5.74, 6) is 0.505. The van der Waals surface area contributed by atoms with Crippen LogP contribution in [0.4, 0.5) is 0 Å².